The third-order valence-corrected chi connectivity index (χ3v) is 7.08. The van der Waals surface area contributed by atoms with Crippen molar-refractivity contribution in [3.05, 3.63) is 69.8 Å². The average molecular weight is 460 g/mol. The maximum absolute atomic E-state index is 12.5. The second-order valence-corrected chi connectivity index (χ2v) is 9.15. The van der Waals surface area contributed by atoms with E-state index in [9.17, 15) is 4.79 Å². The topological polar surface area (TPSA) is 54.9 Å². The Labute approximate surface area is 186 Å². The molecular formula is C21H15Cl2N3OS2. The molecule has 0 bridgehead atoms. The van der Waals surface area contributed by atoms with E-state index in [2.05, 4.69) is 34.3 Å². The molecule has 0 aliphatic rings. The van der Waals surface area contributed by atoms with Crippen molar-refractivity contribution in [3.8, 4) is 11.1 Å². The molecule has 1 N–H and O–H groups in total. The molecule has 0 saturated carbocycles. The van der Waals surface area contributed by atoms with E-state index in [1.165, 1.54) is 16.6 Å². The summed E-state index contributed by atoms with van der Waals surface area (Å²) in [4.78, 5) is 23.4. The fraction of sp³-hybridized carbons (Fsp3) is 0.0952. The molecule has 2 heterocycles. The molecule has 8 heteroatoms. The lowest BCUT2D eigenvalue weighted by Crippen LogP contribution is -2.14. The minimum atomic E-state index is -0.181. The predicted octanol–water partition coefficient (Wildman–Crippen LogP) is 6.70. The Kier molecular flexibility index (Phi) is 6.06. The lowest BCUT2D eigenvalue weighted by atomic mass is 10.0. The van der Waals surface area contributed by atoms with E-state index in [0.29, 0.717) is 15.7 Å². The number of rotatable bonds is 5. The first-order valence-electron chi connectivity index (χ1n) is 8.71. The zero-order valence-corrected chi connectivity index (χ0v) is 18.4. The lowest BCUT2D eigenvalue weighted by Gasteiger charge is -2.09. The van der Waals surface area contributed by atoms with E-state index in [1.807, 2.05) is 18.2 Å². The number of aromatic nitrogens is 2. The smallest absolute Gasteiger partial charge is 0.234 e. The molecule has 0 unspecified atom stereocenters. The molecule has 4 nitrogen and oxygen atoms in total. The molecule has 0 radical (unpaired) electrons. The molecule has 4 aromatic rings. The van der Waals surface area contributed by atoms with Crippen LogP contribution in [0.2, 0.25) is 10.0 Å². The van der Waals surface area contributed by atoms with E-state index in [4.69, 9.17) is 23.2 Å². The van der Waals surface area contributed by atoms with Crippen LogP contribution in [0.1, 0.15) is 4.88 Å². The Bertz CT molecular complexity index is 1200. The van der Waals surface area contributed by atoms with Crippen LogP contribution in [-0.4, -0.2) is 21.6 Å². The number of anilines is 1. The van der Waals surface area contributed by atoms with Crippen molar-refractivity contribution in [2.24, 2.45) is 0 Å². The molecule has 0 fully saturated rings. The van der Waals surface area contributed by atoms with Gasteiger partial charge in [-0.25, -0.2) is 9.97 Å². The SMILES string of the molecule is Cc1sc2ncnc(SCC(=O)Nc3cccc(Cl)c3Cl)c2c1-c1ccccc1. The van der Waals surface area contributed by atoms with Gasteiger partial charge in [-0.05, 0) is 24.6 Å². The normalized spacial score (nSPS) is 11.0. The number of amides is 1. The molecule has 2 aromatic heterocycles. The second-order valence-electron chi connectivity index (χ2n) is 6.20. The summed E-state index contributed by atoms with van der Waals surface area (Å²) >= 11 is 15.2. The fourth-order valence-corrected chi connectivity index (χ4v) is 5.23. The third-order valence-electron chi connectivity index (χ3n) is 4.26. The summed E-state index contributed by atoms with van der Waals surface area (Å²) in [5.74, 6) is 0.0112. The maximum atomic E-state index is 12.5. The van der Waals surface area contributed by atoms with Gasteiger partial charge in [-0.15, -0.1) is 11.3 Å². The summed E-state index contributed by atoms with van der Waals surface area (Å²) in [5.41, 5.74) is 2.73. The number of fused-ring (bicyclic) bond motifs is 1. The highest BCUT2D eigenvalue weighted by Crippen LogP contribution is 2.41. The first-order valence-corrected chi connectivity index (χ1v) is 11.3. The van der Waals surface area contributed by atoms with Gasteiger partial charge in [-0.1, -0.05) is 71.4 Å². The van der Waals surface area contributed by atoms with Gasteiger partial charge in [0.15, 0.2) is 0 Å². The molecule has 29 heavy (non-hydrogen) atoms. The molecule has 0 saturated heterocycles. The van der Waals surface area contributed by atoms with Crippen molar-refractivity contribution in [3.63, 3.8) is 0 Å². The van der Waals surface area contributed by atoms with Crippen LogP contribution in [0, 0.1) is 6.92 Å². The number of thiophene rings is 1. The first-order chi connectivity index (χ1) is 14.0. The largest absolute Gasteiger partial charge is 0.324 e. The highest BCUT2D eigenvalue weighted by molar-refractivity contribution is 8.00. The van der Waals surface area contributed by atoms with Crippen molar-refractivity contribution in [1.29, 1.82) is 0 Å². The van der Waals surface area contributed by atoms with E-state index in [0.717, 1.165) is 26.4 Å². The van der Waals surface area contributed by atoms with Gasteiger partial charge in [-0.3, -0.25) is 4.79 Å². The number of halogens is 2. The third kappa shape index (κ3) is 4.26. The Morgan fingerprint density at radius 2 is 1.90 bits per heavy atom. The maximum Gasteiger partial charge on any atom is 0.234 e. The van der Waals surface area contributed by atoms with Gasteiger partial charge >= 0.3 is 0 Å². The Morgan fingerprint density at radius 1 is 1.10 bits per heavy atom. The summed E-state index contributed by atoms with van der Waals surface area (Å²) in [6, 6.07) is 15.3. The standard InChI is InChI=1S/C21H15Cl2N3OS2/c1-12-17(13-6-3-2-4-7-13)18-20(24-11-25-21(18)29-12)28-10-16(27)26-15-9-5-8-14(22)19(15)23/h2-9,11H,10H2,1H3,(H,26,27). The van der Waals surface area contributed by atoms with Gasteiger partial charge in [-0.2, -0.15) is 0 Å². The number of aryl methyl sites for hydroxylation is 1. The molecular weight excluding hydrogens is 445 g/mol. The second kappa shape index (κ2) is 8.71. The first kappa shape index (κ1) is 20.2. The number of hydrogen-bond acceptors (Lipinski definition) is 5. The molecule has 4 rings (SSSR count). The number of hydrogen-bond donors (Lipinski definition) is 1. The minimum Gasteiger partial charge on any atom is -0.324 e. The van der Waals surface area contributed by atoms with E-state index < -0.39 is 0 Å². The number of nitrogens with one attached hydrogen (secondary N) is 1. The van der Waals surface area contributed by atoms with Crippen LogP contribution >= 0.6 is 46.3 Å². The van der Waals surface area contributed by atoms with Gasteiger partial charge in [0.05, 0.1) is 26.9 Å². The van der Waals surface area contributed by atoms with Crippen LogP contribution in [0.25, 0.3) is 21.3 Å². The van der Waals surface area contributed by atoms with Crippen molar-refractivity contribution in [2.75, 3.05) is 11.1 Å². The van der Waals surface area contributed by atoms with Crippen molar-refractivity contribution < 1.29 is 4.79 Å². The minimum absolute atomic E-state index is 0.181. The Morgan fingerprint density at radius 3 is 2.69 bits per heavy atom. The number of thioether (sulfide) groups is 1. The van der Waals surface area contributed by atoms with Crippen molar-refractivity contribution >= 4 is 68.1 Å². The van der Waals surface area contributed by atoms with E-state index in [1.54, 1.807) is 35.9 Å². The summed E-state index contributed by atoms with van der Waals surface area (Å²) < 4.78 is 0. The van der Waals surface area contributed by atoms with Crippen LogP contribution in [0.3, 0.4) is 0 Å². The molecule has 1 amide bonds. The van der Waals surface area contributed by atoms with Crippen LogP contribution in [0.4, 0.5) is 5.69 Å². The van der Waals surface area contributed by atoms with E-state index in [-0.39, 0.29) is 11.7 Å². The predicted molar refractivity (Wildman–Crippen MR) is 123 cm³/mol. The van der Waals surface area contributed by atoms with Crippen molar-refractivity contribution in [2.45, 2.75) is 11.9 Å². The lowest BCUT2D eigenvalue weighted by molar-refractivity contribution is -0.113. The Hall–Kier alpha value is -2.12. The van der Waals surface area contributed by atoms with Crippen molar-refractivity contribution in [1.82, 2.24) is 9.97 Å². The summed E-state index contributed by atoms with van der Waals surface area (Å²) in [6.45, 7) is 2.08. The zero-order chi connectivity index (χ0) is 20.4. The number of carbonyl (C=O) groups is 1. The van der Waals surface area contributed by atoms with Crippen LogP contribution in [0.15, 0.2) is 59.9 Å². The highest BCUT2D eigenvalue weighted by atomic mass is 35.5. The molecule has 2 aromatic carbocycles. The number of benzene rings is 2. The fourth-order valence-electron chi connectivity index (χ4n) is 3.00. The van der Waals surface area contributed by atoms with Gasteiger partial charge in [0.1, 0.15) is 16.2 Å². The van der Waals surface area contributed by atoms with Crippen LogP contribution in [0.5, 0.6) is 0 Å². The van der Waals surface area contributed by atoms with Gasteiger partial charge in [0, 0.05) is 10.4 Å². The van der Waals surface area contributed by atoms with Crippen LogP contribution < -0.4 is 5.32 Å². The Balaban J connectivity index is 1.60. The molecule has 0 atom stereocenters. The monoisotopic (exact) mass is 459 g/mol. The summed E-state index contributed by atoms with van der Waals surface area (Å²) in [5, 5.41) is 5.30. The highest BCUT2D eigenvalue weighted by Gasteiger charge is 2.18. The molecule has 0 aliphatic heterocycles. The molecule has 146 valence electrons. The summed E-state index contributed by atoms with van der Waals surface area (Å²) in [6.07, 6.45) is 1.54. The van der Waals surface area contributed by atoms with Gasteiger partial charge in [0.2, 0.25) is 5.91 Å². The zero-order valence-electron chi connectivity index (χ0n) is 15.3. The van der Waals surface area contributed by atoms with Gasteiger partial charge in [0.25, 0.3) is 0 Å². The van der Waals surface area contributed by atoms with E-state index >= 15 is 0 Å². The molecule has 0 spiro atoms. The molecule has 0 aliphatic carbocycles. The average Bonchev–Trinajstić information content (AvgIpc) is 3.07. The number of nitrogens with zero attached hydrogens (tertiary/aromatic N) is 2. The van der Waals surface area contributed by atoms with Gasteiger partial charge < -0.3 is 5.32 Å². The number of carbonyl (C=O) groups excluding carboxylic acids is 1. The quantitative estimate of drug-likeness (QED) is 0.266. The van der Waals surface area contributed by atoms with Crippen LogP contribution in [-0.2, 0) is 4.79 Å². The summed E-state index contributed by atoms with van der Waals surface area (Å²) in [7, 11) is 0.